The van der Waals surface area contributed by atoms with E-state index in [-0.39, 0.29) is 0 Å². The van der Waals surface area contributed by atoms with Gasteiger partial charge in [0.15, 0.2) is 5.16 Å². The van der Waals surface area contributed by atoms with Gasteiger partial charge in [0.05, 0.1) is 22.7 Å². The molecule has 2 aromatic heterocycles. The highest BCUT2D eigenvalue weighted by Gasteiger charge is 2.07. The lowest BCUT2D eigenvalue weighted by Gasteiger charge is -1.98. The van der Waals surface area contributed by atoms with Crippen LogP contribution in [0, 0.1) is 11.3 Å². The van der Waals surface area contributed by atoms with E-state index in [1.165, 1.54) is 17.8 Å². The lowest BCUT2D eigenvalue weighted by Crippen LogP contribution is -1.85. The number of hydrogen-bond donors (Lipinski definition) is 1. The molecular formula is C13H7ClN4S. The summed E-state index contributed by atoms with van der Waals surface area (Å²) < 4.78 is 0. The number of para-hydroxylation sites is 2. The van der Waals surface area contributed by atoms with Crippen LogP contribution in [0.3, 0.4) is 0 Å². The van der Waals surface area contributed by atoms with E-state index in [1.807, 2.05) is 24.3 Å². The van der Waals surface area contributed by atoms with Crippen LogP contribution in [0.5, 0.6) is 0 Å². The SMILES string of the molecule is N#Cc1cc(Cl)nc(Sc2nc3ccccc3[nH]2)c1. The highest BCUT2D eigenvalue weighted by Crippen LogP contribution is 2.27. The molecule has 0 amide bonds. The predicted molar refractivity (Wildman–Crippen MR) is 74.2 cm³/mol. The topological polar surface area (TPSA) is 65.4 Å². The Morgan fingerprint density at radius 2 is 2.05 bits per heavy atom. The first kappa shape index (κ1) is 12.0. The van der Waals surface area contributed by atoms with Crippen LogP contribution < -0.4 is 0 Å². The van der Waals surface area contributed by atoms with E-state index in [0.717, 1.165) is 16.2 Å². The largest absolute Gasteiger partial charge is 0.333 e. The molecule has 2 heterocycles. The molecule has 1 aromatic carbocycles. The molecule has 6 heteroatoms. The second kappa shape index (κ2) is 4.92. The normalized spacial score (nSPS) is 10.5. The highest BCUT2D eigenvalue weighted by atomic mass is 35.5. The Balaban J connectivity index is 1.96. The molecule has 0 radical (unpaired) electrons. The second-order valence-corrected chi connectivity index (χ2v) is 5.19. The van der Waals surface area contributed by atoms with Crippen molar-refractivity contribution in [2.75, 3.05) is 0 Å². The summed E-state index contributed by atoms with van der Waals surface area (Å²) in [6.07, 6.45) is 0. The molecule has 0 aliphatic rings. The third-order valence-corrected chi connectivity index (χ3v) is 3.47. The van der Waals surface area contributed by atoms with Gasteiger partial charge in [-0.3, -0.25) is 0 Å². The van der Waals surface area contributed by atoms with Crippen molar-refractivity contribution < 1.29 is 0 Å². The minimum Gasteiger partial charge on any atom is -0.333 e. The number of H-pyrrole nitrogens is 1. The highest BCUT2D eigenvalue weighted by molar-refractivity contribution is 7.99. The van der Waals surface area contributed by atoms with Gasteiger partial charge in [0.1, 0.15) is 10.2 Å². The monoisotopic (exact) mass is 286 g/mol. The number of imidazole rings is 1. The lowest BCUT2D eigenvalue weighted by atomic mass is 10.3. The van der Waals surface area contributed by atoms with Crippen LogP contribution in [0.4, 0.5) is 0 Å². The molecule has 0 aliphatic heterocycles. The first-order valence-corrected chi connectivity index (χ1v) is 6.64. The Kier molecular flexibility index (Phi) is 3.11. The van der Waals surface area contributed by atoms with Crippen molar-refractivity contribution >= 4 is 34.4 Å². The van der Waals surface area contributed by atoms with Gasteiger partial charge in [0, 0.05) is 0 Å². The van der Waals surface area contributed by atoms with Crippen LogP contribution in [0.15, 0.2) is 46.6 Å². The maximum absolute atomic E-state index is 8.90. The van der Waals surface area contributed by atoms with Crippen LogP contribution in [-0.4, -0.2) is 15.0 Å². The predicted octanol–water partition coefficient (Wildman–Crippen LogP) is 3.63. The van der Waals surface area contributed by atoms with Crippen molar-refractivity contribution in [3.63, 3.8) is 0 Å². The summed E-state index contributed by atoms with van der Waals surface area (Å²) in [4.78, 5) is 11.8. The van der Waals surface area contributed by atoms with Crippen LogP contribution in [-0.2, 0) is 0 Å². The lowest BCUT2D eigenvalue weighted by molar-refractivity contribution is 1.05. The van der Waals surface area contributed by atoms with Crippen molar-refractivity contribution in [2.45, 2.75) is 10.2 Å². The van der Waals surface area contributed by atoms with Gasteiger partial charge in [-0.1, -0.05) is 23.7 Å². The molecule has 0 unspecified atom stereocenters. The number of nitrogens with one attached hydrogen (secondary N) is 1. The summed E-state index contributed by atoms with van der Waals surface area (Å²) >= 11 is 7.21. The minimum absolute atomic E-state index is 0.303. The average molecular weight is 287 g/mol. The maximum Gasteiger partial charge on any atom is 0.172 e. The van der Waals surface area contributed by atoms with Gasteiger partial charge in [-0.15, -0.1) is 0 Å². The summed E-state index contributed by atoms with van der Waals surface area (Å²) in [5.74, 6) is 0. The van der Waals surface area contributed by atoms with Crippen LogP contribution >= 0.6 is 23.4 Å². The van der Waals surface area contributed by atoms with E-state index in [1.54, 1.807) is 6.07 Å². The third-order valence-electron chi connectivity index (χ3n) is 2.47. The second-order valence-electron chi connectivity index (χ2n) is 3.79. The number of aromatic amines is 1. The van der Waals surface area contributed by atoms with Gasteiger partial charge < -0.3 is 4.98 Å². The van der Waals surface area contributed by atoms with Crippen molar-refractivity contribution in [3.8, 4) is 6.07 Å². The van der Waals surface area contributed by atoms with E-state index < -0.39 is 0 Å². The number of nitrogens with zero attached hydrogens (tertiary/aromatic N) is 3. The maximum atomic E-state index is 8.90. The van der Waals surface area contributed by atoms with Gasteiger partial charge in [-0.2, -0.15) is 5.26 Å². The van der Waals surface area contributed by atoms with Gasteiger partial charge in [-0.05, 0) is 36.0 Å². The summed E-state index contributed by atoms with van der Waals surface area (Å²) in [5, 5.41) is 10.6. The smallest absolute Gasteiger partial charge is 0.172 e. The van der Waals surface area contributed by atoms with Crippen molar-refractivity contribution in [1.82, 2.24) is 15.0 Å². The first-order chi connectivity index (χ1) is 9.24. The Hall–Kier alpha value is -2.03. The van der Waals surface area contributed by atoms with Crippen molar-refractivity contribution in [2.24, 2.45) is 0 Å². The number of nitriles is 1. The Morgan fingerprint density at radius 1 is 1.21 bits per heavy atom. The molecule has 0 saturated carbocycles. The summed E-state index contributed by atoms with van der Waals surface area (Å²) in [7, 11) is 0. The zero-order valence-electron chi connectivity index (χ0n) is 9.59. The third kappa shape index (κ3) is 2.55. The molecule has 4 nitrogen and oxygen atoms in total. The van der Waals surface area contributed by atoms with Gasteiger partial charge in [-0.25, -0.2) is 9.97 Å². The van der Waals surface area contributed by atoms with Crippen LogP contribution in [0.25, 0.3) is 11.0 Å². The number of rotatable bonds is 2. The zero-order valence-corrected chi connectivity index (χ0v) is 11.2. The molecule has 3 aromatic rings. The average Bonchev–Trinajstić information content (AvgIpc) is 2.80. The molecule has 0 fully saturated rings. The Bertz CT molecular complexity index is 758. The molecule has 0 aliphatic carbocycles. The number of aromatic nitrogens is 3. The molecule has 1 N–H and O–H groups in total. The Labute approximate surface area is 118 Å². The fraction of sp³-hybridized carbons (Fsp3) is 0. The van der Waals surface area contributed by atoms with Crippen molar-refractivity contribution in [1.29, 1.82) is 5.26 Å². The summed E-state index contributed by atoms with van der Waals surface area (Å²) in [6.45, 7) is 0. The Morgan fingerprint density at radius 3 is 2.84 bits per heavy atom. The molecule has 0 saturated heterocycles. The quantitative estimate of drug-likeness (QED) is 0.731. The van der Waals surface area contributed by atoms with Crippen molar-refractivity contribution in [3.05, 3.63) is 47.1 Å². The minimum atomic E-state index is 0.303. The molecular weight excluding hydrogens is 280 g/mol. The molecule has 0 bridgehead atoms. The summed E-state index contributed by atoms with van der Waals surface area (Å²) in [5.41, 5.74) is 2.35. The fourth-order valence-corrected chi connectivity index (χ4v) is 2.76. The van der Waals surface area contributed by atoms with E-state index in [9.17, 15) is 0 Å². The van der Waals surface area contributed by atoms with Gasteiger partial charge in [0.25, 0.3) is 0 Å². The number of hydrogen-bond acceptors (Lipinski definition) is 4. The van der Waals surface area contributed by atoms with E-state index in [2.05, 4.69) is 21.0 Å². The summed E-state index contributed by atoms with van der Waals surface area (Å²) in [6, 6.07) is 13.0. The molecule has 0 atom stereocenters. The van der Waals surface area contributed by atoms with Gasteiger partial charge >= 0.3 is 0 Å². The zero-order chi connectivity index (χ0) is 13.2. The molecule has 0 spiro atoms. The number of halogens is 1. The van der Waals surface area contributed by atoms with Crippen LogP contribution in [0.1, 0.15) is 5.56 Å². The van der Waals surface area contributed by atoms with Gasteiger partial charge in [0.2, 0.25) is 0 Å². The number of benzene rings is 1. The van der Waals surface area contributed by atoms with E-state index >= 15 is 0 Å². The first-order valence-electron chi connectivity index (χ1n) is 5.45. The molecule has 19 heavy (non-hydrogen) atoms. The van der Waals surface area contributed by atoms with Crippen LogP contribution in [0.2, 0.25) is 5.15 Å². The number of pyridine rings is 1. The fourth-order valence-electron chi connectivity index (χ4n) is 1.67. The molecule has 3 rings (SSSR count). The number of fused-ring (bicyclic) bond motifs is 1. The van der Waals surface area contributed by atoms with E-state index in [0.29, 0.717) is 15.7 Å². The van der Waals surface area contributed by atoms with E-state index in [4.69, 9.17) is 16.9 Å². The standard InChI is InChI=1S/C13H7ClN4S/c14-11-5-8(7-15)6-12(18-11)19-13-16-9-3-1-2-4-10(9)17-13/h1-6H,(H,16,17). The molecule has 92 valence electrons.